The van der Waals surface area contributed by atoms with Gasteiger partial charge in [0.25, 0.3) is 0 Å². The topological polar surface area (TPSA) is 64.5 Å². The number of thiophene rings is 1. The lowest BCUT2D eigenvalue weighted by Gasteiger charge is -2.09. The number of nitrogens with zero attached hydrogens (tertiary/aromatic N) is 5. The van der Waals surface area contributed by atoms with E-state index in [0.29, 0.717) is 23.3 Å². The van der Waals surface area contributed by atoms with Crippen LogP contribution < -0.4 is 0 Å². The maximum absolute atomic E-state index is 5.20. The summed E-state index contributed by atoms with van der Waals surface area (Å²) in [5.74, 6) is 2.57. The highest BCUT2D eigenvalue weighted by atomic mass is 32.1. The predicted molar refractivity (Wildman–Crippen MR) is 201 cm³/mol. The Kier molecular flexibility index (Phi) is 7.26. The Morgan fingerprint density at radius 1 is 0.327 bits per heavy atom. The Balaban J connectivity index is 1.23. The van der Waals surface area contributed by atoms with E-state index in [1.165, 1.54) is 11.1 Å². The summed E-state index contributed by atoms with van der Waals surface area (Å²) in [7, 11) is 0. The number of hydrogen-bond donors (Lipinski definition) is 0. The highest BCUT2D eigenvalue weighted by Crippen LogP contribution is 2.41. The predicted octanol–water partition coefficient (Wildman–Crippen LogP) is 11.0. The molecule has 0 saturated heterocycles. The van der Waals surface area contributed by atoms with Crippen LogP contribution in [0.2, 0.25) is 0 Å². The molecule has 0 fully saturated rings. The van der Waals surface area contributed by atoms with Gasteiger partial charge in [0.15, 0.2) is 23.3 Å². The van der Waals surface area contributed by atoms with Crippen molar-refractivity contribution in [1.29, 1.82) is 0 Å². The molecule has 0 saturated carbocycles. The number of hydrogen-bond acceptors (Lipinski definition) is 6. The number of aromatic nitrogens is 5. The lowest BCUT2D eigenvalue weighted by Crippen LogP contribution is -2.00. The Labute approximate surface area is 287 Å². The van der Waals surface area contributed by atoms with Crippen LogP contribution in [-0.4, -0.2) is 24.9 Å². The average molecular weight is 646 g/mol. The lowest BCUT2D eigenvalue weighted by atomic mass is 10.0. The molecule has 0 unspecified atom stereocenters. The van der Waals surface area contributed by atoms with E-state index in [-0.39, 0.29) is 0 Å². The quantitative estimate of drug-likeness (QED) is 0.180. The maximum Gasteiger partial charge on any atom is 0.164 e. The Bertz CT molecular complexity index is 2510. The Hall–Kier alpha value is -6.37. The highest BCUT2D eigenvalue weighted by molar-refractivity contribution is 7.26. The summed E-state index contributed by atoms with van der Waals surface area (Å²) in [5.41, 5.74) is 8.99. The number of rotatable bonds is 6. The Morgan fingerprint density at radius 3 is 1.27 bits per heavy atom. The third-order valence-electron chi connectivity index (χ3n) is 8.57. The van der Waals surface area contributed by atoms with Crippen molar-refractivity contribution in [3.63, 3.8) is 0 Å². The zero-order valence-electron chi connectivity index (χ0n) is 26.2. The first-order valence-electron chi connectivity index (χ1n) is 16.1. The van der Waals surface area contributed by atoms with Crippen LogP contribution in [0, 0.1) is 0 Å². The highest BCUT2D eigenvalue weighted by Gasteiger charge is 2.19. The molecule has 0 aliphatic heterocycles. The number of benzene rings is 6. The maximum atomic E-state index is 5.20. The molecule has 9 rings (SSSR count). The second-order valence-corrected chi connectivity index (χ2v) is 12.8. The number of fused-ring (bicyclic) bond motifs is 3. The molecule has 6 aromatic carbocycles. The standard InChI is InChI=1S/C43H27N5S/c1-5-13-28(14-6-1)29-21-23-30(24-22-29)37-39-38(45-40(44-37)31-15-7-2-8-16-31)35-27-34(25-26-36(35)49-39)43-47-41(32-17-9-3-10-18-32)46-42(48-43)33-19-11-4-12-20-33/h1-27H. The third-order valence-corrected chi connectivity index (χ3v) is 9.73. The van der Waals surface area contributed by atoms with Crippen LogP contribution in [0.1, 0.15) is 0 Å². The smallest absolute Gasteiger partial charge is 0.164 e. The van der Waals surface area contributed by atoms with Crippen molar-refractivity contribution in [3.8, 4) is 67.9 Å². The minimum Gasteiger partial charge on any atom is -0.226 e. The summed E-state index contributed by atoms with van der Waals surface area (Å²) < 4.78 is 2.17. The molecule has 230 valence electrons. The van der Waals surface area contributed by atoms with Crippen molar-refractivity contribution < 1.29 is 0 Å². The van der Waals surface area contributed by atoms with Gasteiger partial charge in [0, 0.05) is 37.9 Å². The van der Waals surface area contributed by atoms with Gasteiger partial charge in [-0.25, -0.2) is 24.9 Å². The monoisotopic (exact) mass is 645 g/mol. The molecule has 3 heterocycles. The van der Waals surface area contributed by atoms with Crippen LogP contribution >= 0.6 is 11.3 Å². The molecule has 0 bridgehead atoms. The van der Waals surface area contributed by atoms with Crippen LogP contribution in [0.3, 0.4) is 0 Å². The lowest BCUT2D eigenvalue weighted by molar-refractivity contribution is 1.07. The second-order valence-electron chi connectivity index (χ2n) is 11.7. The average Bonchev–Trinajstić information content (AvgIpc) is 3.57. The molecule has 9 aromatic rings. The molecule has 0 amide bonds. The van der Waals surface area contributed by atoms with E-state index < -0.39 is 0 Å². The van der Waals surface area contributed by atoms with Crippen LogP contribution in [0.15, 0.2) is 164 Å². The van der Waals surface area contributed by atoms with E-state index in [4.69, 9.17) is 24.9 Å². The van der Waals surface area contributed by atoms with Crippen molar-refractivity contribution in [2.45, 2.75) is 0 Å². The van der Waals surface area contributed by atoms with Crippen molar-refractivity contribution in [1.82, 2.24) is 24.9 Å². The van der Waals surface area contributed by atoms with Gasteiger partial charge in [0.05, 0.1) is 15.9 Å². The van der Waals surface area contributed by atoms with E-state index in [9.17, 15) is 0 Å². The molecule has 6 heteroatoms. The molecule has 49 heavy (non-hydrogen) atoms. The van der Waals surface area contributed by atoms with Gasteiger partial charge in [-0.15, -0.1) is 11.3 Å². The van der Waals surface area contributed by atoms with Crippen LogP contribution in [-0.2, 0) is 0 Å². The minimum atomic E-state index is 0.614. The Morgan fingerprint density at radius 2 is 0.735 bits per heavy atom. The van der Waals surface area contributed by atoms with Crippen molar-refractivity contribution in [3.05, 3.63) is 164 Å². The zero-order valence-corrected chi connectivity index (χ0v) is 27.0. The van der Waals surface area contributed by atoms with Gasteiger partial charge >= 0.3 is 0 Å². The molecule has 0 aliphatic carbocycles. The first kappa shape index (κ1) is 28.8. The molecule has 3 aromatic heterocycles. The molecule has 0 radical (unpaired) electrons. The van der Waals surface area contributed by atoms with Crippen LogP contribution in [0.25, 0.3) is 88.2 Å². The molecule has 0 atom stereocenters. The minimum absolute atomic E-state index is 0.614. The SMILES string of the molecule is c1ccc(-c2ccc(-c3nc(-c4ccccc4)nc4c3sc3ccc(-c5nc(-c6ccccc6)nc(-c6ccccc6)n5)cc34)cc2)cc1. The van der Waals surface area contributed by atoms with Crippen LogP contribution in [0.5, 0.6) is 0 Å². The fourth-order valence-electron chi connectivity index (χ4n) is 6.08. The van der Waals surface area contributed by atoms with Gasteiger partial charge in [-0.2, -0.15) is 0 Å². The van der Waals surface area contributed by atoms with Gasteiger partial charge < -0.3 is 0 Å². The summed E-state index contributed by atoms with van der Waals surface area (Å²) in [6.45, 7) is 0. The summed E-state index contributed by atoms with van der Waals surface area (Å²) >= 11 is 1.71. The molecule has 5 nitrogen and oxygen atoms in total. The zero-order chi connectivity index (χ0) is 32.6. The van der Waals surface area contributed by atoms with Gasteiger partial charge in [0.2, 0.25) is 0 Å². The van der Waals surface area contributed by atoms with E-state index in [0.717, 1.165) is 53.8 Å². The largest absolute Gasteiger partial charge is 0.226 e. The second kappa shape index (κ2) is 12.3. The van der Waals surface area contributed by atoms with Gasteiger partial charge in [-0.05, 0) is 29.3 Å². The first-order valence-corrected chi connectivity index (χ1v) is 16.9. The van der Waals surface area contributed by atoms with Crippen molar-refractivity contribution in [2.24, 2.45) is 0 Å². The van der Waals surface area contributed by atoms with E-state index in [1.807, 2.05) is 84.9 Å². The molecule has 0 spiro atoms. The van der Waals surface area contributed by atoms with Gasteiger partial charge in [0.1, 0.15) is 0 Å². The molecule has 0 aliphatic rings. The van der Waals surface area contributed by atoms with Gasteiger partial charge in [-0.1, -0.05) is 146 Å². The van der Waals surface area contributed by atoms with Crippen LogP contribution in [0.4, 0.5) is 0 Å². The normalized spacial score (nSPS) is 11.3. The molecule has 0 N–H and O–H groups in total. The fraction of sp³-hybridized carbons (Fsp3) is 0. The van der Waals surface area contributed by atoms with Gasteiger partial charge in [-0.3, -0.25) is 0 Å². The first-order chi connectivity index (χ1) is 24.3. The summed E-state index contributed by atoms with van der Waals surface area (Å²) in [6, 6.07) is 55.8. The van der Waals surface area contributed by atoms with E-state index in [2.05, 4.69) is 78.9 Å². The van der Waals surface area contributed by atoms with E-state index in [1.54, 1.807) is 11.3 Å². The summed E-state index contributed by atoms with van der Waals surface area (Å²) in [6.07, 6.45) is 0. The summed E-state index contributed by atoms with van der Waals surface area (Å²) in [5, 5.41) is 1.04. The molecular formula is C43H27N5S. The summed E-state index contributed by atoms with van der Waals surface area (Å²) in [4.78, 5) is 25.2. The van der Waals surface area contributed by atoms with E-state index >= 15 is 0 Å². The molecular weight excluding hydrogens is 619 g/mol. The van der Waals surface area contributed by atoms with Crippen molar-refractivity contribution in [2.75, 3.05) is 0 Å². The third kappa shape index (κ3) is 5.54. The fourth-order valence-corrected chi connectivity index (χ4v) is 7.22. The van der Waals surface area contributed by atoms with Crippen molar-refractivity contribution >= 4 is 31.6 Å².